The fourth-order valence-corrected chi connectivity index (χ4v) is 6.26. The third-order valence-corrected chi connectivity index (χ3v) is 8.64. The average molecular weight is 570 g/mol. The van der Waals surface area contributed by atoms with Crippen molar-refractivity contribution in [1.82, 2.24) is 14.9 Å². The summed E-state index contributed by atoms with van der Waals surface area (Å²) < 4.78 is 45.9. The van der Waals surface area contributed by atoms with Crippen LogP contribution in [0.2, 0.25) is 0 Å². The second-order valence-electron chi connectivity index (χ2n) is 10.3. The Hall–Kier alpha value is -3.18. The summed E-state index contributed by atoms with van der Waals surface area (Å²) in [7, 11) is -0.557. The zero-order chi connectivity index (χ0) is 28.7. The lowest BCUT2D eigenvalue weighted by atomic mass is 10.0. The summed E-state index contributed by atoms with van der Waals surface area (Å²) in [5, 5.41) is 5.14. The van der Waals surface area contributed by atoms with Crippen molar-refractivity contribution in [3.05, 3.63) is 66.2 Å². The Morgan fingerprint density at radius 1 is 1.00 bits per heavy atom. The van der Waals surface area contributed by atoms with Crippen molar-refractivity contribution < 1.29 is 27.4 Å². The Labute approximate surface area is 236 Å². The van der Waals surface area contributed by atoms with Crippen LogP contribution in [0.15, 0.2) is 65.6 Å². The van der Waals surface area contributed by atoms with Gasteiger partial charge in [-0.25, -0.2) is 13.1 Å². The normalized spacial score (nSPS) is 17.3. The van der Waals surface area contributed by atoms with Crippen molar-refractivity contribution in [3.63, 3.8) is 0 Å². The van der Waals surface area contributed by atoms with Gasteiger partial charge in [0.05, 0.1) is 18.6 Å². The number of hydrogen-bond acceptors (Lipinski definition) is 7. The molecule has 1 amide bonds. The predicted molar refractivity (Wildman–Crippen MR) is 156 cm³/mol. The van der Waals surface area contributed by atoms with E-state index in [-0.39, 0.29) is 28.8 Å². The largest absolute Gasteiger partial charge is 0.493 e. The van der Waals surface area contributed by atoms with Crippen LogP contribution in [-0.4, -0.2) is 78.4 Å². The lowest BCUT2D eigenvalue weighted by Gasteiger charge is -2.32. The standard InChI is InChI=1S/C30H39N3O6S/c1-21(2)33(30(34)24-11-13-28(38-4)29(17-24)39-15-7-14-37-3)20-25-18-31-19-27(25)32-40(35,36)26-12-10-22-8-5-6-9-23(22)16-26/h5-6,8-13,16-17,21,25,27,31-32H,7,14-15,18-20H2,1-4H3/t25-,27+/m1/s1. The second-order valence-corrected chi connectivity index (χ2v) is 12.0. The first-order chi connectivity index (χ1) is 19.2. The van der Waals surface area contributed by atoms with E-state index in [2.05, 4.69) is 10.0 Å². The average Bonchev–Trinajstić information content (AvgIpc) is 3.38. The Morgan fingerprint density at radius 2 is 1.77 bits per heavy atom. The van der Waals surface area contributed by atoms with E-state index < -0.39 is 10.0 Å². The van der Waals surface area contributed by atoms with Gasteiger partial charge < -0.3 is 24.4 Å². The molecule has 0 bridgehead atoms. The van der Waals surface area contributed by atoms with Crippen LogP contribution in [0.3, 0.4) is 0 Å². The highest BCUT2D eigenvalue weighted by molar-refractivity contribution is 7.89. The minimum Gasteiger partial charge on any atom is -0.493 e. The molecule has 3 aromatic carbocycles. The molecule has 2 N–H and O–H groups in total. The molecular weight excluding hydrogens is 530 g/mol. The van der Waals surface area contributed by atoms with Crippen LogP contribution in [0.1, 0.15) is 30.6 Å². The summed E-state index contributed by atoms with van der Waals surface area (Å²) in [4.78, 5) is 15.7. The van der Waals surface area contributed by atoms with E-state index in [4.69, 9.17) is 14.2 Å². The number of carbonyl (C=O) groups excluding carboxylic acids is 1. The van der Waals surface area contributed by atoms with E-state index >= 15 is 0 Å². The predicted octanol–water partition coefficient (Wildman–Crippen LogP) is 3.68. The molecular formula is C30H39N3O6S. The Kier molecular flexibility index (Phi) is 10.0. The zero-order valence-corrected chi connectivity index (χ0v) is 24.4. The monoisotopic (exact) mass is 569 g/mol. The number of nitrogens with zero attached hydrogens (tertiary/aromatic N) is 1. The van der Waals surface area contributed by atoms with Gasteiger partial charge in [-0.3, -0.25) is 4.79 Å². The molecule has 4 rings (SSSR count). The lowest BCUT2D eigenvalue weighted by molar-refractivity contribution is 0.0671. The molecule has 0 spiro atoms. The third kappa shape index (κ3) is 7.11. The molecule has 0 saturated carbocycles. The van der Waals surface area contributed by atoms with Crippen LogP contribution in [0.25, 0.3) is 10.8 Å². The molecule has 1 heterocycles. The van der Waals surface area contributed by atoms with Crippen LogP contribution >= 0.6 is 0 Å². The maximum absolute atomic E-state index is 13.7. The number of methoxy groups -OCH3 is 2. The van der Waals surface area contributed by atoms with Gasteiger partial charge in [-0.05, 0) is 55.0 Å². The highest BCUT2D eigenvalue weighted by Crippen LogP contribution is 2.29. The van der Waals surface area contributed by atoms with Crippen LogP contribution in [0.4, 0.5) is 0 Å². The zero-order valence-electron chi connectivity index (χ0n) is 23.6. The molecule has 10 heteroatoms. The molecule has 0 aliphatic carbocycles. The first kappa shape index (κ1) is 29.8. The van der Waals surface area contributed by atoms with Gasteiger partial charge in [0.25, 0.3) is 5.91 Å². The molecule has 1 aliphatic heterocycles. The van der Waals surface area contributed by atoms with Gasteiger partial charge in [-0.2, -0.15) is 0 Å². The summed E-state index contributed by atoms with van der Waals surface area (Å²) in [6.07, 6.45) is 0.709. The van der Waals surface area contributed by atoms with Gasteiger partial charge in [0.2, 0.25) is 10.0 Å². The minimum absolute atomic E-state index is 0.0981. The van der Waals surface area contributed by atoms with Crippen molar-refractivity contribution >= 4 is 26.7 Å². The third-order valence-electron chi connectivity index (χ3n) is 7.15. The summed E-state index contributed by atoms with van der Waals surface area (Å²) in [6.45, 7) is 6.40. The van der Waals surface area contributed by atoms with Gasteiger partial charge in [0.1, 0.15) is 0 Å². The van der Waals surface area contributed by atoms with E-state index in [0.717, 1.165) is 10.8 Å². The SMILES string of the molecule is COCCCOc1cc(C(=O)N(C[C@H]2CNC[C@@H]2NS(=O)(=O)c2ccc3ccccc3c2)C(C)C)ccc1OC. The highest BCUT2D eigenvalue weighted by Gasteiger charge is 2.34. The smallest absolute Gasteiger partial charge is 0.254 e. The molecule has 9 nitrogen and oxygen atoms in total. The number of carbonyl (C=O) groups is 1. The van der Waals surface area contributed by atoms with Crippen molar-refractivity contribution in [2.24, 2.45) is 5.92 Å². The number of hydrogen-bond donors (Lipinski definition) is 2. The van der Waals surface area contributed by atoms with Crippen LogP contribution < -0.4 is 19.5 Å². The quantitative estimate of drug-likeness (QED) is 0.303. The van der Waals surface area contributed by atoms with E-state index in [9.17, 15) is 13.2 Å². The van der Waals surface area contributed by atoms with Crippen molar-refractivity contribution in [2.45, 2.75) is 37.2 Å². The Balaban J connectivity index is 1.48. The number of sulfonamides is 1. The lowest BCUT2D eigenvalue weighted by Crippen LogP contribution is -2.47. The molecule has 0 radical (unpaired) electrons. The summed E-state index contributed by atoms with van der Waals surface area (Å²) in [6, 6.07) is 17.5. The molecule has 0 aromatic heterocycles. The number of fused-ring (bicyclic) bond motifs is 1. The molecule has 2 atom stereocenters. The van der Waals surface area contributed by atoms with Gasteiger partial charge in [0.15, 0.2) is 11.5 Å². The number of nitrogens with one attached hydrogen (secondary N) is 2. The van der Waals surface area contributed by atoms with E-state index in [1.54, 1.807) is 49.5 Å². The van der Waals surface area contributed by atoms with Crippen LogP contribution in [0.5, 0.6) is 11.5 Å². The first-order valence-electron chi connectivity index (χ1n) is 13.6. The molecule has 40 heavy (non-hydrogen) atoms. The molecule has 0 unspecified atom stereocenters. The number of amides is 1. The maximum Gasteiger partial charge on any atom is 0.254 e. The van der Waals surface area contributed by atoms with Crippen LogP contribution in [-0.2, 0) is 14.8 Å². The Morgan fingerprint density at radius 3 is 2.50 bits per heavy atom. The summed E-state index contributed by atoms with van der Waals surface area (Å²) in [5.41, 5.74) is 0.482. The second kappa shape index (κ2) is 13.5. The molecule has 3 aromatic rings. The van der Waals surface area contributed by atoms with Gasteiger partial charge >= 0.3 is 0 Å². The minimum atomic E-state index is -3.76. The van der Waals surface area contributed by atoms with Crippen molar-refractivity contribution in [3.8, 4) is 11.5 Å². The van der Waals surface area contributed by atoms with Gasteiger partial charge in [-0.15, -0.1) is 0 Å². The fourth-order valence-electron chi connectivity index (χ4n) is 4.92. The number of benzene rings is 3. The maximum atomic E-state index is 13.7. The molecule has 1 aliphatic rings. The van der Waals surface area contributed by atoms with E-state index in [1.807, 2.05) is 44.2 Å². The van der Waals surface area contributed by atoms with E-state index in [1.165, 1.54) is 0 Å². The summed E-state index contributed by atoms with van der Waals surface area (Å²) >= 11 is 0. The Bertz CT molecular complexity index is 1410. The van der Waals surface area contributed by atoms with Crippen molar-refractivity contribution in [1.29, 1.82) is 0 Å². The molecule has 1 fully saturated rings. The number of rotatable bonds is 13. The summed E-state index contributed by atoms with van der Waals surface area (Å²) in [5.74, 6) is 0.789. The highest BCUT2D eigenvalue weighted by atomic mass is 32.2. The van der Waals surface area contributed by atoms with Crippen LogP contribution in [0, 0.1) is 5.92 Å². The topological polar surface area (TPSA) is 106 Å². The molecule has 1 saturated heterocycles. The fraction of sp³-hybridized carbons (Fsp3) is 0.433. The van der Waals surface area contributed by atoms with Gasteiger partial charge in [-0.1, -0.05) is 30.3 Å². The molecule has 216 valence electrons. The van der Waals surface area contributed by atoms with E-state index in [0.29, 0.717) is 56.3 Å². The number of ether oxygens (including phenoxy) is 3. The van der Waals surface area contributed by atoms with Gasteiger partial charge in [0, 0.05) is 63.3 Å². The van der Waals surface area contributed by atoms with Crippen molar-refractivity contribution in [2.75, 3.05) is 47.1 Å². The first-order valence-corrected chi connectivity index (χ1v) is 15.0.